The standard InChI is InChI=1S/C13H21IN3O4P/c1-22(2,3)5-4-8-9(18)10(19)12(21-8)17-6-7(14)11(15)16-13(17)20/h6,8-10,12,18-19H,1,4-5H2,2-3H3,(H2,15,16,20)/t8-,9-,10-,12-/m1/s1. The van der Waals surface area contributed by atoms with Crippen LogP contribution >= 0.6 is 29.5 Å². The molecule has 0 spiro atoms. The first-order valence-corrected chi connectivity index (χ1v) is 11.0. The first-order valence-electron chi connectivity index (χ1n) is 6.83. The van der Waals surface area contributed by atoms with Gasteiger partial charge in [0, 0.05) is 6.20 Å². The topological polar surface area (TPSA) is 111 Å². The van der Waals surface area contributed by atoms with E-state index in [-0.39, 0.29) is 5.82 Å². The monoisotopic (exact) mass is 441 g/mol. The molecule has 9 heteroatoms. The first-order chi connectivity index (χ1) is 10.1. The maximum Gasteiger partial charge on any atom is 0.351 e. The molecule has 0 bridgehead atoms. The number of hydrogen-bond donors (Lipinski definition) is 3. The van der Waals surface area contributed by atoms with Gasteiger partial charge in [-0.15, -0.1) is 13.2 Å². The lowest BCUT2D eigenvalue weighted by Gasteiger charge is -2.19. The summed E-state index contributed by atoms with van der Waals surface area (Å²) < 4.78 is 7.47. The second kappa shape index (κ2) is 6.60. The van der Waals surface area contributed by atoms with Crippen LogP contribution in [0.5, 0.6) is 0 Å². The quantitative estimate of drug-likeness (QED) is 0.454. The highest BCUT2D eigenvalue weighted by molar-refractivity contribution is 14.1. The maximum absolute atomic E-state index is 11.9. The Morgan fingerprint density at radius 1 is 1.50 bits per heavy atom. The van der Waals surface area contributed by atoms with E-state index in [1.807, 2.05) is 22.6 Å². The van der Waals surface area contributed by atoms with Crippen molar-refractivity contribution in [2.75, 3.05) is 25.2 Å². The van der Waals surface area contributed by atoms with E-state index in [9.17, 15) is 15.0 Å². The summed E-state index contributed by atoms with van der Waals surface area (Å²) in [6.07, 6.45) is 3.31. The molecule has 7 nitrogen and oxygen atoms in total. The minimum absolute atomic E-state index is 0.134. The highest BCUT2D eigenvalue weighted by Gasteiger charge is 2.44. The lowest BCUT2D eigenvalue weighted by molar-refractivity contribution is -0.0402. The van der Waals surface area contributed by atoms with Crippen LogP contribution in [0.3, 0.4) is 0 Å². The molecule has 0 amide bonds. The number of rotatable bonds is 4. The zero-order chi connectivity index (χ0) is 16.7. The second-order valence-corrected chi connectivity index (χ2v) is 11.6. The Kier molecular flexibility index (Phi) is 5.38. The van der Waals surface area contributed by atoms with E-state index in [0.717, 1.165) is 6.16 Å². The van der Waals surface area contributed by atoms with Crippen LogP contribution < -0.4 is 11.4 Å². The van der Waals surface area contributed by atoms with Crippen molar-refractivity contribution in [3.05, 3.63) is 20.3 Å². The van der Waals surface area contributed by atoms with Gasteiger partial charge in [0.05, 0.1) is 9.67 Å². The number of aliphatic hydroxyl groups is 2. The summed E-state index contributed by atoms with van der Waals surface area (Å²) in [6.45, 7) is 2.94. The number of aliphatic hydroxyl groups excluding tert-OH is 2. The minimum atomic E-state index is -1.25. The van der Waals surface area contributed by atoms with Gasteiger partial charge in [0.2, 0.25) is 0 Å². The first kappa shape index (κ1) is 17.9. The number of nitrogens with two attached hydrogens (primary N) is 1. The largest absolute Gasteiger partial charge is 0.388 e. The fourth-order valence-electron chi connectivity index (χ4n) is 2.31. The number of hydrogen-bond acceptors (Lipinski definition) is 6. The van der Waals surface area contributed by atoms with Gasteiger partial charge in [-0.25, -0.2) is 4.79 Å². The summed E-state index contributed by atoms with van der Waals surface area (Å²) in [6, 6.07) is 0. The van der Waals surface area contributed by atoms with Crippen molar-refractivity contribution in [3.8, 4) is 0 Å². The lowest BCUT2D eigenvalue weighted by atomic mass is 10.1. The normalized spacial score (nSPS) is 29.0. The highest BCUT2D eigenvalue weighted by Crippen LogP contribution is 2.39. The highest BCUT2D eigenvalue weighted by atomic mass is 127. The molecule has 0 aliphatic carbocycles. The van der Waals surface area contributed by atoms with Crippen molar-refractivity contribution < 1.29 is 14.9 Å². The van der Waals surface area contributed by atoms with Crippen molar-refractivity contribution in [1.29, 1.82) is 0 Å². The molecule has 1 fully saturated rings. The molecule has 4 N–H and O–H groups in total. The number of nitrogens with zero attached hydrogens (tertiary/aromatic N) is 2. The van der Waals surface area contributed by atoms with Crippen LogP contribution in [0, 0.1) is 3.57 Å². The molecule has 1 aromatic heterocycles. The predicted octanol–water partition coefficient (Wildman–Crippen LogP) is 0.149. The lowest BCUT2D eigenvalue weighted by Crippen LogP contribution is -2.36. The van der Waals surface area contributed by atoms with Gasteiger partial charge < -0.3 is 20.7 Å². The summed E-state index contributed by atoms with van der Waals surface area (Å²) in [4.78, 5) is 15.6. The van der Waals surface area contributed by atoms with Crippen molar-refractivity contribution in [2.45, 2.75) is 31.0 Å². The number of halogens is 1. The van der Waals surface area contributed by atoms with Gasteiger partial charge in [-0.3, -0.25) is 4.57 Å². The number of anilines is 1. The molecule has 2 rings (SSSR count). The molecule has 4 atom stereocenters. The van der Waals surface area contributed by atoms with Crippen LogP contribution in [-0.2, 0) is 4.74 Å². The van der Waals surface area contributed by atoms with E-state index in [2.05, 4.69) is 24.6 Å². The molecule has 0 saturated carbocycles. The third-order valence-corrected chi connectivity index (χ3v) is 5.86. The SMILES string of the molecule is C=P(C)(C)CC[C@H]1O[C@@H](n2cc(I)c(N)nc2=O)[C@H](O)[C@@H]1O. The van der Waals surface area contributed by atoms with Crippen LogP contribution in [0.4, 0.5) is 5.82 Å². The average molecular weight is 441 g/mol. The summed E-state index contributed by atoms with van der Waals surface area (Å²) >= 11 is 1.95. The molecule has 22 heavy (non-hydrogen) atoms. The Balaban J connectivity index is 2.22. The molecular weight excluding hydrogens is 420 g/mol. The Labute approximate surface area is 142 Å². The third-order valence-electron chi connectivity index (χ3n) is 3.56. The Hall–Kier alpha value is -0.410. The van der Waals surface area contributed by atoms with Gasteiger partial charge in [-0.1, -0.05) is 0 Å². The van der Waals surface area contributed by atoms with Crippen molar-refractivity contribution in [2.24, 2.45) is 0 Å². The molecule has 124 valence electrons. The third kappa shape index (κ3) is 3.91. The fraction of sp³-hybridized carbons (Fsp3) is 0.615. The van der Waals surface area contributed by atoms with Gasteiger partial charge in [0.25, 0.3) is 0 Å². The van der Waals surface area contributed by atoms with Crippen LogP contribution in [0.25, 0.3) is 0 Å². The zero-order valence-electron chi connectivity index (χ0n) is 12.5. The Bertz CT molecular complexity index is 659. The van der Waals surface area contributed by atoms with Crippen LogP contribution in [0.1, 0.15) is 12.6 Å². The van der Waals surface area contributed by atoms with Crippen LogP contribution in [-0.4, -0.2) is 63.9 Å². The summed E-state index contributed by atoms with van der Waals surface area (Å²) in [5.74, 6) is 0.134. The predicted molar refractivity (Wildman–Crippen MR) is 96.9 cm³/mol. The van der Waals surface area contributed by atoms with E-state index in [0.29, 0.717) is 9.99 Å². The Morgan fingerprint density at radius 3 is 2.73 bits per heavy atom. The smallest absolute Gasteiger partial charge is 0.351 e. The zero-order valence-corrected chi connectivity index (χ0v) is 15.6. The molecule has 0 unspecified atom stereocenters. The molecule has 1 aliphatic rings. The van der Waals surface area contributed by atoms with Gasteiger partial charge in [-0.05, 0) is 48.5 Å². The molecule has 1 aliphatic heterocycles. The van der Waals surface area contributed by atoms with Gasteiger partial charge >= 0.3 is 5.69 Å². The van der Waals surface area contributed by atoms with E-state index in [1.165, 1.54) is 10.8 Å². The Morgan fingerprint density at radius 2 is 2.14 bits per heavy atom. The van der Waals surface area contributed by atoms with Crippen LogP contribution in [0.2, 0.25) is 0 Å². The van der Waals surface area contributed by atoms with Gasteiger partial charge in [0.15, 0.2) is 6.23 Å². The van der Waals surface area contributed by atoms with Crippen molar-refractivity contribution in [3.63, 3.8) is 0 Å². The maximum atomic E-state index is 11.9. The van der Waals surface area contributed by atoms with E-state index >= 15 is 0 Å². The average Bonchev–Trinajstić information content (AvgIpc) is 2.68. The van der Waals surface area contributed by atoms with Crippen LogP contribution in [0.15, 0.2) is 11.0 Å². The summed E-state index contributed by atoms with van der Waals surface area (Å²) in [5.41, 5.74) is 4.97. The number of ether oxygens (including phenoxy) is 1. The van der Waals surface area contributed by atoms with Gasteiger partial charge in [-0.2, -0.15) is 4.98 Å². The molecule has 1 aromatic rings. The molecule has 0 aromatic carbocycles. The molecular formula is C13H21IN3O4P. The summed E-state index contributed by atoms with van der Waals surface area (Å²) in [5, 5.41) is 20.3. The molecule has 2 heterocycles. The van der Waals surface area contributed by atoms with E-state index < -0.39 is 37.1 Å². The van der Waals surface area contributed by atoms with E-state index in [1.54, 1.807) is 0 Å². The number of aromatic nitrogens is 2. The van der Waals surface area contributed by atoms with Gasteiger partial charge in [0.1, 0.15) is 18.0 Å². The van der Waals surface area contributed by atoms with Crippen molar-refractivity contribution >= 4 is 41.6 Å². The van der Waals surface area contributed by atoms with Crippen molar-refractivity contribution in [1.82, 2.24) is 9.55 Å². The second-order valence-electron chi connectivity index (χ2n) is 6.16. The summed E-state index contributed by atoms with van der Waals surface area (Å²) in [7, 11) is 0. The minimum Gasteiger partial charge on any atom is -0.388 e. The number of nitrogen functional groups attached to an aromatic ring is 1. The van der Waals surface area contributed by atoms with E-state index in [4.69, 9.17) is 10.5 Å². The molecule has 1 saturated heterocycles. The fourth-order valence-corrected chi connectivity index (χ4v) is 3.69. The molecule has 0 radical (unpaired) electrons.